The van der Waals surface area contributed by atoms with Crippen LogP contribution in [0.1, 0.15) is 17.5 Å². The molecule has 0 bridgehead atoms. The van der Waals surface area contributed by atoms with Gasteiger partial charge in [0.1, 0.15) is 17.2 Å². The van der Waals surface area contributed by atoms with Gasteiger partial charge in [0.25, 0.3) is 5.69 Å². The molecule has 3 rings (SSSR count). The first-order chi connectivity index (χ1) is 12.5. The summed E-state index contributed by atoms with van der Waals surface area (Å²) >= 11 is 0. The normalized spacial score (nSPS) is 13.1. The van der Waals surface area contributed by atoms with E-state index in [0.29, 0.717) is 17.9 Å². The number of nitro benzene ring substituents is 2. The number of fused-ring (bicyclic) bond motifs is 1. The summed E-state index contributed by atoms with van der Waals surface area (Å²) in [4.78, 5) is 20.4. The third kappa shape index (κ3) is 3.53. The quantitative estimate of drug-likeness (QED) is 0.475. The van der Waals surface area contributed by atoms with Gasteiger partial charge in [-0.15, -0.1) is 0 Å². The average Bonchev–Trinajstić information content (AvgIpc) is 2.62. The molecule has 2 N–H and O–H groups in total. The third-order valence-electron chi connectivity index (χ3n) is 3.84. The predicted molar refractivity (Wildman–Crippen MR) is 92.9 cm³/mol. The minimum absolute atomic E-state index is 0.00875. The maximum Gasteiger partial charge on any atom is 0.301 e. The van der Waals surface area contributed by atoms with Crippen molar-refractivity contribution in [2.24, 2.45) is 5.10 Å². The fraction of sp³-hybridized carbons (Fsp3) is 0.188. The molecule has 0 unspecified atom stereocenters. The summed E-state index contributed by atoms with van der Waals surface area (Å²) in [6.07, 6.45) is 2.98. The number of hydrogen-bond acceptors (Lipinski definition) is 8. The Labute approximate surface area is 147 Å². The van der Waals surface area contributed by atoms with Crippen LogP contribution in [-0.2, 0) is 6.42 Å². The number of nitrogens with one attached hydrogen (secondary N) is 1. The largest absolute Gasteiger partial charge is 0.507 e. The molecule has 1 aliphatic rings. The number of benzene rings is 2. The maximum atomic E-state index is 11.1. The second kappa shape index (κ2) is 7.05. The predicted octanol–water partition coefficient (Wildman–Crippen LogP) is 2.98. The molecule has 0 saturated heterocycles. The SMILES string of the molecule is O=[N+]([O-])c1ccc(N/N=C\c2cc3c(cc2O)CCCO3)c([N+](=O)[O-])c1. The number of hydrogen-bond donors (Lipinski definition) is 2. The molecule has 0 spiro atoms. The number of aryl methyl sites for hydroxylation is 1. The first-order valence-corrected chi connectivity index (χ1v) is 7.66. The summed E-state index contributed by atoms with van der Waals surface area (Å²) in [5.74, 6) is 0.676. The van der Waals surface area contributed by atoms with Gasteiger partial charge in [-0.05, 0) is 36.6 Å². The molecule has 0 atom stereocenters. The van der Waals surface area contributed by atoms with Crippen molar-refractivity contribution >= 4 is 23.3 Å². The highest BCUT2D eigenvalue weighted by molar-refractivity contribution is 5.85. The molecule has 134 valence electrons. The van der Waals surface area contributed by atoms with Crippen LogP contribution in [0, 0.1) is 20.2 Å². The van der Waals surface area contributed by atoms with Crippen LogP contribution in [0.15, 0.2) is 35.4 Å². The summed E-state index contributed by atoms with van der Waals surface area (Å²) in [6, 6.07) is 6.42. The van der Waals surface area contributed by atoms with E-state index in [1.54, 1.807) is 12.1 Å². The van der Waals surface area contributed by atoms with Gasteiger partial charge in [0.2, 0.25) is 0 Å². The van der Waals surface area contributed by atoms with E-state index < -0.39 is 21.2 Å². The van der Waals surface area contributed by atoms with E-state index in [0.717, 1.165) is 30.5 Å². The van der Waals surface area contributed by atoms with E-state index in [1.165, 1.54) is 12.3 Å². The smallest absolute Gasteiger partial charge is 0.301 e. The summed E-state index contributed by atoms with van der Waals surface area (Å²) in [5, 5.41) is 35.7. The van der Waals surface area contributed by atoms with Gasteiger partial charge in [-0.2, -0.15) is 5.10 Å². The second-order valence-corrected chi connectivity index (χ2v) is 5.56. The molecule has 0 radical (unpaired) electrons. The molecular weight excluding hydrogens is 344 g/mol. The first kappa shape index (κ1) is 17.1. The zero-order valence-corrected chi connectivity index (χ0v) is 13.4. The van der Waals surface area contributed by atoms with E-state index in [4.69, 9.17) is 4.74 Å². The molecule has 10 nitrogen and oxygen atoms in total. The van der Waals surface area contributed by atoms with Crippen LogP contribution in [0.25, 0.3) is 0 Å². The second-order valence-electron chi connectivity index (χ2n) is 5.56. The Hall–Kier alpha value is -3.69. The lowest BCUT2D eigenvalue weighted by atomic mass is 10.0. The van der Waals surface area contributed by atoms with E-state index >= 15 is 0 Å². The number of phenols is 1. The Kier molecular flexibility index (Phi) is 4.65. The molecule has 0 aliphatic carbocycles. The number of hydrazone groups is 1. The third-order valence-corrected chi connectivity index (χ3v) is 3.84. The van der Waals surface area contributed by atoms with Crippen LogP contribution < -0.4 is 10.2 Å². The molecule has 2 aromatic rings. The van der Waals surface area contributed by atoms with E-state index in [2.05, 4.69) is 10.5 Å². The molecule has 1 heterocycles. The summed E-state index contributed by atoms with van der Waals surface area (Å²) in [7, 11) is 0. The molecule has 26 heavy (non-hydrogen) atoms. The molecule has 0 fully saturated rings. The van der Waals surface area contributed by atoms with E-state index in [-0.39, 0.29) is 11.4 Å². The zero-order valence-electron chi connectivity index (χ0n) is 13.4. The number of nitro groups is 2. The van der Waals surface area contributed by atoms with Gasteiger partial charge in [-0.3, -0.25) is 25.7 Å². The molecular formula is C16H14N4O6. The van der Waals surface area contributed by atoms with E-state index in [9.17, 15) is 25.3 Å². The monoisotopic (exact) mass is 358 g/mol. The maximum absolute atomic E-state index is 11.1. The number of non-ortho nitro benzene ring substituents is 1. The van der Waals surface area contributed by atoms with Crippen LogP contribution in [0.4, 0.5) is 17.1 Å². The number of rotatable bonds is 5. The highest BCUT2D eigenvalue weighted by atomic mass is 16.6. The fourth-order valence-electron chi connectivity index (χ4n) is 2.56. The summed E-state index contributed by atoms with van der Waals surface area (Å²) in [5.41, 5.74) is 2.88. The van der Waals surface area contributed by atoms with Gasteiger partial charge in [-0.1, -0.05) is 0 Å². The van der Waals surface area contributed by atoms with Crippen LogP contribution in [0.5, 0.6) is 11.5 Å². The van der Waals surface area contributed by atoms with Crippen molar-refractivity contribution in [1.82, 2.24) is 0 Å². The Morgan fingerprint density at radius 3 is 2.73 bits per heavy atom. The topological polar surface area (TPSA) is 140 Å². The van der Waals surface area contributed by atoms with Crippen LogP contribution in [0.3, 0.4) is 0 Å². The highest BCUT2D eigenvalue weighted by Crippen LogP contribution is 2.31. The lowest BCUT2D eigenvalue weighted by Gasteiger charge is -2.17. The van der Waals surface area contributed by atoms with Crippen molar-refractivity contribution in [3.05, 3.63) is 61.7 Å². The Morgan fingerprint density at radius 2 is 2.00 bits per heavy atom. The Balaban J connectivity index is 1.83. The van der Waals surface area contributed by atoms with Crippen molar-refractivity contribution in [3.63, 3.8) is 0 Å². The first-order valence-electron chi connectivity index (χ1n) is 7.66. The van der Waals surface area contributed by atoms with Gasteiger partial charge in [0, 0.05) is 11.6 Å². The van der Waals surface area contributed by atoms with Crippen LogP contribution in [-0.4, -0.2) is 27.8 Å². The molecule has 0 saturated carbocycles. The van der Waals surface area contributed by atoms with Gasteiger partial charge in [0.15, 0.2) is 0 Å². The van der Waals surface area contributed by atoms with Crippen molar-refractivity contribution in [2.75, 3.05) is 12.0 Å². The number of phenolic OH excluding ortho intramolecular Hbond substituents is 1. The zero-order chi connectivity index (χ0) is 18.7. The Morgan fingerprint density at radius 1 is 1.19 bits per heavy atom. The standard InChI is InChI=1S/C16H14N4O6/c21-15-6-10-2-1-5-26-16(10)7-11(15)9-17-18-13-4-3-12(19(22)23)8-14(13)20(24)25/h3-4,6-9,18,21H,1-2,5H2/b17-9-. The van der Waals surface area contributed by atoms with Crippen LogP contribution >= 0.6 is 0 Å². The number of aromatic hydroxyl groups is 1. The lowest BCUT2D eigenvalue weighted by molar-refractivity contribution is -0.393. The average molecular weight is 358 g/mol. The van der Waals surface area contributed by atoms with E-state index in [1.807, 2.05) is 0 Å². The number of nitrogens with zero attached hydrogens (tertiary/aromatic N) is 3. The summed E-state index contributed by atoms with van der Waals surface area (Å²) < 4.78 is 5.52. The van der Waals surface area contributed by atoms with Gasteiger partial charge >= 0.3 is 5.69 Å². The Bertz CT molecular complexity index is 912. The van der Waals surface area contributed by atoms with Crippen molar-refractivity contribution in [3.8, 4) is 11.5 Å². The number of ether oxygens (including phenoxy) is 1. The molecule has 1 aliphatic heterocycles. The molecule has 10 heteroatoms. The van der Waals surface area contributed by atoms with Gasteiger partial charge in [-0.25, -0.2) is 0 Å². The molecule has 0 amide bonds. The van der Waals surface area contributed by atoms with Crippen LogP contribution in [0.2, 0.25) is 0 Å². The fourth-order valence-corrected chi connectivity index (χ4v) is 2.56. The lowest BCUT2D eigenvalue weighted by Crippen LogP contribution is -2.08. The van der Waals surface area contributed by atoms with Crippen molar-refractivity contribution in [2.45, 2.75) is 12.8 Å². The minimum Gasteiger partial charge on any atom is -0.507 e. The van der Waals surface area contributed by atoms with Gasteiger partial charge in [0.05, 0.1) is 28.7 Å². The van der Waals surface area contributed by atoms with Crippen molar-refractivity contribution < 1.29 is 19.7 Å². The minimum atomic E-state index is -0.741. The summed E-state index contributed by atoms with van der Waals surface area (Å²) in [6.45, 7) is 0.599. The van der Waals surface area contributed by atoms with Gasteiger partial charge < -0.3 is 9.84 Å². The highest BCUT2D eigenvalue weighted by Gasteiger charge is 2.19. The molecule has 0 aromatic heterocycles. The molecule has 2 aromatic carbocycles. The number of anilines is 1. The van der Waals surface area contributed by atoms with Crippen molar-refractivity contribution in [1.29, 1.82) is 0 Å².